The highest BCUT2D eigenvalue weighted by Crippen LogP contribution is 2.26. The molecule has 102 valence electrons. The summed E-state index contributed by atoms with van der Waals surface area (Å²) in [5.41, 5.74) is 0. The van der Waals surface area contributed by atoms with Crippen LogP contribution in [-0.2, 0) is 0 Å². The van der Waals surface area contributed by atoms with Crippen LogP contribution in [0.2, 0.25) is 0 Å². The maximum Gasteiger partial charge on any atom is 0.336 e. The van der Waals surface area contributed by atoms with Gasteiger partial charge in [-0.05, 0) is 29.7 Å². The molecule has 2 N–H and O–H groups in total. The number of carbonyl (C=O) groups excluding carboxylic acids is 1. The monoisotopic (exact) mass is 292 g/mol. The first-order chi connectivity index (χ1) is 9.65. The summed E-state index contributed by atoms with van der Waals surface area (Å²) in [5.74, 6) is -0.483. The summed E-state index contributed by atoms with van der Waals surface area (Å²) in [4.78, 5) is 16.4. The predicted molar refractivity (Wildman–Crippen MR) is 72.7 cm³/mol. The molecule has 2 heterocycles. The molecule has 0 aliphatic carbocycles. The molecule has 3 aromatic rings. The van der Waals surface area contributed by atoms with Gasteiger partial charge in [-0.15, -0.1) is 16.4 Å². The Balaban J connectivity index is 1.84. The molecule has 0 fully saturated rings. The fourth-order valence-corrected chi connectivity index (χ4v) is 2.63. The molecule has 20 heavy (non-hydrogen) atoms. The van der Waals surface area contributed by atoms with Crippen LogP contribution in [0.4, 0.5) is 10.3 Å². The molecule has 1 aromatic carbocycles. The van der Waals surface area contributed by atoms with Crippen LogP contribution in [0, 0.1) is 5.82 Å². The molecule has 0 atom stereocenters. The summed E-state index contributed by atoms with van der Waals surface area (Å²) < 4.78 is 18.7. The number of benzene rings is 1. The first kappa shape index (κ1) is 12.5. The second-order valence-electron chi connectivity index (χ2n) is 3.92. The Hall–Kier alpha value is -2.48. The normalized spacial score (nSPS) is 10.7. The number of carbonyl (C=O) groups is 1. The minimum atomic E-state index is -0.342. The molecule has 0 spiro atoms. The van der Waals surface area contributed by atoms with Crippen molar-refractivity contribution in [3.63, 3.8) is 0 Å². The van der Waals surface area contributed by atoms with Crippen molar-refractivity contribution < 1.29 is 13.9 Å². The number of anilines is 1. The van der Waals surface area contributed by atoms with Gasteiger partial charge in [0.15, 0.2) is 0 Å². The zero-order valence-electron chi connectivity index (χ0n) is 10.3. The number of rotatable bonds is 3. The summed E-state index contributed by atoms with van der Waals surface area (Å²) in [6.07, 6.45) is 0. The number of amides is 1. The Bertz CT molecular complexity index is 783. The Labute approximate surface area is 116 Å². The molecule has 1 amide bonds. The smallest absolute Gasteiger partial charge is 0.336 e. The third kappa shape index (κ3) is 2.32. The molecule has 0 saturated heterocycles. The van der Waals surface area contributed by atoms with E-state index in [1.165, 1.54) is 30.6 Å². The van der Waals surface area contributed by atoms with Crippen LogP contribution in [-0.4, -0.2) is 28.2 Å². The number of hydrogen-bond donors (Lipinski definition) is 2. The van der Waals surface area contributed by atoms with E-state index in [4.69, 9.17) is 4.74 Å². The van der Waals surface area contributed by atoms with Crippen LogP contribution in [0.15, 0.2) is 24.3 Å². The summed E-state index contributed by atoms with van der Waals surface area (Å²) in [6, 6.07) is 6.16. The van der Waals surface area contributed by atoms with Gasteiger partial charge >= 0.3 is 6.01 Å². The predicted octanol–water partition coefficient (Wildman–Crippen LogP) is 2.42. The average molecular weight is 292 g/mol. The standard InChI is InChI=1S/C12H9FN4O2S/c1-19-12-15-11(16-17-12)14-10(18)9-5-6-4-7(13)2-3-8(6)20-9/h2-5H,1H3,(H2,14,15,16,17,18). The Morgan fingerprint density at radius 1 is 1.45 bits per heavy atom. The van der Waals surface area contributed by atoms with Gasteiger partial charge in [0.1, 0.15) is 5.82 Å². The van der Waals surface area contributed by atoms with Crippen molar-refractivity contribution in [3.8, 4) is 6.01 Å². The number of methoxy groups -OCH3 is 1. The van der Waals surface area contributed by atoms with Gasteiger partial charge in [-0.2, -0.15) is 4.98 Å². The summed E-state index contributed by atoms with van der Waals surface area (Å²) in [5, 5.41) is 9.49. The lowest BCUT2D eigenvalue weighted by Crippen LogP contribution is -2.11. The van der Waals surface area contributed by atoms with Crippen molar-refractivity contribution in [2.24, 2.45) is 0 Å². The van der Waals surface area contributed by atoms with Crippen molar-refractivity contribution in [1.82, 2.24) is 15.2 Å². The van der Waals surface area contributed by atoms with Crippen molar-refractivity contribution in [2.45, 2.75) is 0 Å². The Morgan fingerprint density at radius 2 is 2.30 bits per heavy atom. The zero-order valence-corrected chi connectivity index (χ0v) is 11.1. The third-order valence-electron chi connectivity index (χ3n) is 2.58. The van der Waals surface area contributed by atoms with Crippen LogP contribution in [0.1, 0.15) is 9.67 Å². The molecule has 6 nitrogen and oxygen atoms in total. The summed E-state index contributed by atoms with van der Waals surface area (Å²) in [7, 11) is 1.43. The second-order valence-corrected chi connectivity index (χ2v) is 5.00. The van der Waals surface area contributed by atoms with E-state index in [0.29, 0.717) is 10.3 Å². The van der Waals surface area contributed by atoms with E-state index >= 15 is 0 Å². The molecule has 0 radical (unpaired) electrons. The topological polar surface area (TPSA) is 79.9 Å². The van der Waals surface area contributed by atoms with E-state index in [9.17, 15) is 9.18 Å². The molecule has 0 bridgehead atoms. The summed E-state index contributed by atoms with van der Waals surface area (Å²) >= 11 is 1.27. The van der Waals surface area contributed by atoms with Crippen LogP contribution in [0.5, 0.6) is 6.01 Å². The molecule has 0 aliphatic rings. The van der Waals surface area contributed by atoms with Crippen LogP contribution in [0.3, 0.4) is 0 Å². The number of aromatic nitrogens is 3. The van der Waals surface area contributed by atoms with E-state index < -0.39 is 0 Å². The van der Waals surface area contributed by atoms with Gasteiger partial charge in [0.05, 0.1) is 12.0 Å². The van der Waals surface area contributed by atoms with Gasteiger partial charge in [0.25, 0.3) is 5.91 Å². The molecule has 0 aliphatic heterocycles. The van der Waals surface area contributed by atoms with Gasteiger partial charge in [-0.1, -0.05) is 0 Å². The lowest BCUT2D eigenvalue weighted by atomic mass is 10.2. The number of nitrogens with zero attached hydrogens (tertiary/aromatic N) is 2. The lowest BCUT2D eigenvalue weighted by Gasteiger charge is -1.96. The van der Waals surface area contributed by atoms with Crippen molar-refractivity contribution in [2.75, 3.05) is 12.4 Å². The molecule has 0 unspecified atom stereocenters. The largest absolute Gasteiger partial charge is 0.466 e. The fourth-order valence-electron chi connectivity index (χ4n) is 1.69. The minimum absolute atomic E-state index is 0.138. The van der Waals surface area contributed by atoms with Gasteiger partial charge in [-0.25, -0.2) is 9.49 Å². The third-order valence-corrected chi connectivity index (χ3v) is 3.70. The highest BCUT2D eigenvalue weighted by atomic mass is 32.1. The SMILES string of the molecule is COc1n[nH]c(NC(=O)c2cc3cc(F)ccc3s2)n1. The average Bonchev–Trinajstić information content (AvgIpc) is 3.04. The highest BCUT2D eigenvalue weighted by Gasteiger charge is 2.13. The van der Waals surface area contributed by atoms with Gasteiger partial charge in [0, 0.05) is 4.70 Å². The van der Waals surface area contributed by atoms with Gasteiger partial charge < -0.3 is 4.74 Å². The van der Waals surface area contributed by atoms with E-state index in [0.717, 1.165) is 4.70 Å². The minimum Gasteiger partial charge on any atom is -0.466 e. The number of nitrogens with one attached hydrogen (secondary N) is 2. The van der Waals surface area contributed by atoms with E-state index in [1.54, 1.807) is 12.1 Å². The van der Waals surface area contributed by atoms with Crippen molar-refractivity contribution in [1.29, 1.82) is 0 Å². The number of thiophene rings is 1. The number of fused-ring (bicyclic) bond motifs is 1. The Kier molecular flexibility index (Phi) is 3.07. The maximum absolute atomic E-state index is 13.1. The molecule has 3 rings (SSSR count). The van der Waals surface area contributed by atoms with E-state index in [1.807, 2.05) is 0 Å². The lowest BCUT2D eigenvalue weighted by molar-refractivity contribution is 0.103. The highest BCUT2D eigenvalue weighted by molar-refractivity contribution is 7.20. The maximum atomic E-state index is 13.1. The number of hydrogen-bond acceptors (Lipinski definition) is 5. The van der Waals surface area contributed by atoms with Crippen molar-refractivity contribution in [3.05, 3.63) is 35.0 Å². The second kappa shape index (κ2) is 4.89. The van der Waals surface area contributed by atoms with Crippen LogP contribution in [0.25, 0.3) is 10.1 Å². The molecule has 8 heteroatoms. The first-order valence-corrected chi connectivity index (χ1v) is 6.44. The van der Waals surface area contributed by atoms with Crippen molar-refractivity contribution >= 4 is 33.3 Å². The van der Waals surface area contributed by atoms with Gasteiger partial charge in [0.2, 0.25) is 5.95 Å². The molecular formula is C12H9FN4O2S. The van der Waals surface area contributed by atoms with E-state index in [-0.39, 0.29) is 23.7 Å². The molecule has 0 saturated carbocycles. The molecule has 2 aromatic heterocycles. The fraction of sp³-hybridized carbons (Fsp3) is 0.0833. The number of halogens is 1. The quantitative estimate of drug-likeness (QED) is 0.777. The summed E-state index contributed by atoms with van der Waals surface area (Å²) in [6.45, 7) is 0. The van der Waals surface area contributed by atoms with Crippen LogP contribution >= 0.6 is 11.3 Å². The number of aromatic amines is 1. The van der Waals surface area contributed by atoms with Gasteiger partial charge in [-0.3, -0.25) is 10.1 Å². The Morgan fingerprint density at radius 3 is 3.05 bits per heavy atom. The van der Waals surface area contributed by atoms with Crippen LogP contribution < -0.4 is 10.1 Å². The number of H-pyrrole nitrogens is 1. The first-order valence-electron chi connectivity index (χ1n) is 5.62. The zero-order chi connectivity index (χ0) is 14.1. The number of ether oxygens (including phenoxy) is 1. The molecular weight excluding hydrogens is 283 g/mol. The van der Waals surface area contributed by atoms with E-state index in [2.05, 4.69) is 20.5 Å².